The lowest BCUT2D eigenvalue weighted by Crippen LogP contribution is -2.36. The first-order valence-electron chi connectivity index (χ1n) is 6.94. The summed E-state index contributed by atoms with van der Waals surface area (Å²) in [6, 6.07) is 3.90. The normalized spacial score (nSPS) is 18.2. The molecule has 0 aromatic heterocycles. The summed E-state index contributed by atoms with van der Waals surface area (Å²) >= 11 is 5.97. The molecule has 0 radical (unpaired) electrons. The van der Waals surface area contributed by atoms with E-state index in [-0.39, 0.29) is 10.9 Å². The first-order chi connectivity index (χ1) is 9.61. The second-order valence-corrected chi connectivity index (χ2v) is 5.51. The topological polar surface area (TPSA) is 29.5 Å². The third-order valence-electron chi connectivity index (χ3n) is 3.44. The number of hydrogen-bond donors (Lipinski definition) is 0. The first kappa shape index (κ1) is 15.3. The molecule has 1 aromatic carbocycles. The molecule has 3 nitrogen and oxygen atoms in total. The molecule has 1 aliphatic rings. The van der Waals surface area contributed by atoms with Gasteiger partial charge in [0.05, 0.1) is 17.2 Å². The molecule has 1 heterocycles. The number of carbonyl (C=O) groups is 1. The molecular weight excluding hydrogens is 281 g/mol. The summed E-state index contributed by atoms with van der Waals surface area (Å²) in [5.41, 5.74) is 0.362. The molecule has 1 saturated heterocycles. The molecule has 1 unspecified atom stereocenters. The number of ether oxygens (including phenoxy) is 1. The van der Waals surface area contributed by atoms with Gasteiger partial charge in [-0.2, -0.15) is 0 Å². The molecule has 110 valence electrons. The van der Waals surface area contributed by atoms with Crippen LogP contribution >= 0.6 is 11.6 Å². The molecule has 0 N–H and O–H groups in total. The second-order valence-electron chi connectivity index (χ2n) is 5.10. The lowest BCUT2D eigenvalue weighted by Gasteiger charge is -2.25. The fourth-order valence-corrected chi connectivity index (χ4v) is 2.67. The van der Waals surface area contributed by atoms with E-state index in [0.717, 1.165) is 19.4 Å². The summed E-state index contributed by atoms with van der Waals surface area (Å²) in [5, 5.41) is 0.166. The average Bonchev–Trinajstić information content (AvgIpc) is 2.90. The van der Waals surface area contributed by atoms with Crippen LogP contribution < -0.4 is 0 Å². The molecule has 1 amide bonds. The van der Waals surface area contributed by atoms with Crippen molar-refractivity contribution >= 4 is 17.5 Å². The van der Waals surface area contributed by atoms with Crippen LogP contribution in [0.3, 0.4) is 0 Å². The Morgan fingerprint density at radius 2 is 2.35 bits per heavy atom. The van der Waals surface area contributed by atoms with Crippen LogP contribution in [-0.2, 0) is 4.74 Å². The zero-order chi connectivity index (χ0) is 14.5. The van der Waals surface area contributed by atoms with Gasteiger partial charge in [-0.3, -0.25) is 4.79 Å². The summed E-state index contributed by atoms with van der Waals surface area (Å²) in [5.74, 6) is -0.189. The molecule has 2 rings (SSSR count). The molecular formula is C15H19ClFNO2. The number of nitrogens with zero attached hydrogens (tertiary/aromatic N) is 1. The van der Waals surface area contributed by atoms with Gasteiger partial charge in [0.25, 0.3) is 5.91 Å². The summed E-state index contributed by atoms with van der Waals surface area (Å²) in [4.78, 5) is 14.3. The van der Waals surface area contributed by atoms with Gasteiger partial charge >= 0.3 is 0 Å². The standard InChI is InChI=1S/C15H19ClFNO2/c1-2-6-18(9-11-5-7-20-10-11)15(19)13-4-3-12(17)8-14(13)16/h3-4,8,11H,2,5-7,9-10H2,1H3. The summed E-state index contributed by atoms with van der Waals surface area (Å²) in [7, 11) is 0. The maximum Gasteiger partial charge on any atom is 0.255 e. The van der Waals surface area contributed by atoms with Crippen LogP contribution in [0.15, 0.2) is 18.2 Å². The fourth-order valence-electron chi connectivity index (χ4n) is 2.42. The van der Waals surface area contributed by atoms with E-state index in [4.69, 9.17) is 16.3 Å². The quantitative estimate of drug-likeness (QED) is 0.834. The van der Waals surface area contributed by atoms with Gasteiger partial charge in [0.1, 0.15) is 5.82 Å². The number of rotatable bonds is 5. The van der Waals surface area contributed by atoms with Gasteiger partial charge in [0.15, 0.2) is 0 Å². The molecule has 0 saturated carbocycles. The van der Waals surface area contributed by atoms with Crippen molar-refractivity contribution in [3.63, 3.8) is 0 Å². The molecule has 1 aliphatic heterocycles. The van der Waals surface area contributed by atoms with E-state index in [0.29, 0.717) is 31.2 Å². The smallest absolute Gasteiger partial charge is 0.255 e. The molecule has 1 fully saturated rings. The van der Waals surface area contributed by atoms with E-state index >= 15 is 0 Å². The van der Waals surface area contributed by atoms with Gasteiger partial charge in [-0.25, -0.2) is 4.39 Å². The van der Waals surface area contributed by atoms with E-state index in [9.17, 15) is 9.18 Å². The third-order valence-corrected chi connectivity index (χ3v) is 3.76. The van der Waals surface area contributed by atoms with Crippen LogP contribution in [0, 0.1) is 11.7 Å². The van der Waals surface area contributed by atoms with E-state index in [2.05, 4.69) is 0 Å². The molecule has 1 atom stereocenters. The number of hydrogen-bond acceptors (Lipinski definition) is 2. The average molecular weight is 300 g/mol. The summed E-state index contributed by atoms with van der Waals surface area (Å²) in [6.07, 6.45) is 1.85. The largest absolute Gasteiger partial charge is 0.381 e. The Labute approximate surface area is 123 Å². The highest BCUT2D eigenvalue weighted by Gasteiger charge is 2.24. The maximum absolute atomic E-state index is 13.1. The zero-order valence-corrected chi connectivity index (χ0v) is 12.3. The predicted octanol–water partition coefficient (Wildman–Crippen LogP) is 3.37. The number of carbonyl (C=O) groups excluding carboxylic acids is 1. The van der Waals surface area contributed by atoms with Crippen LogP contribution in [0.25, 0.3) is 0 Å². The van der Waals surface area contributed by atoms with E-state index < -0.39 is 5.82 Å². The van der Waals surface area contributed by atoms with Crippen LogP contribution in [0.1, 0.15) is 30.1 Å². The molecule has 0 bridgehead atoms. The Hall–Kier alpha value is -1.13. The molecule has 20 heavy (non-hydrogen) atoms. The van der Waals surface area contributed by atoms with Crippen LogP contribution in [0.4, 0.5) is 4.39 Å². The lowest BCUT2D eigenvalue weighted by molar-refractivity contribution is 0.0721. The van der Waals surface area contributed by atoms with Gasteiger partial charge < -0.3 is 9.64 Å². The van der Waals surface area contributed by atoms with Crippen molar-refractivity contribution in [2.45, 2.75) is 19.8 Å². The van der Waals surface area contributed by atoms with Gasteiger partial charge in [-0.15, -0.1) is 0 Å². The van der Waals surface area contributed by atoms with Gasteiger partial charge in [0.2, 0.25) is 0 Å². The van der Waals surface area contributed by atoms with E-state index in [1.807, 2.05) is 6.92 Å². The van der Waals surface area contributed by atoms with Crippen molar-refractivity contribution in [2.75, 3.05) is 26.3 Å². The molecule has 5 heteroatoms. The number of benzene rings is 1. The minimum absolute atomic E-state index is 0.135. The molecule has 0 aliphatic carbocycles. The Balaban J connectivity index is 2.12. The Kier molecular flexibility index (Phi) is 5.38. The Bertz CT molecular complexity index is 475. The third kappa shape index (κ3) is 3.70. The van der Waals surface area contributed by atoms with Crippen molar-refractivity contribution in [1.82, 2.24) is 4.90 Å². The summed E-state index contributed by atoms with van der Waals surface area (Å²) in [6.45, 7) is 4.82. The summed E-state index contributed by atoms with van der Waals surface area (Å²) < 4.78 is 18.4. The second kappa shape index (κ2) is 7.04. The van der Waals surface area contributed by atoms with Gasteiger partial charge in [-0.05, 0) is 31.0 Å². The minimum atomic E-state index is -0.433. The Morgan fingerprint density at radius 3 is 2.95 bits per heavy atom. The maximum atomic E-state index is 13.1. The van der Waals surface area contributed by atoms with E-state index in [1.165, 1.54) is 18.2 Å². The highest BCUT2D eigenvalue weighted by Crippen LogP contribution is 2.21. The van der Waals surface area contributed by atoms with Crippen LogP contribution in [0.5, 0.6) is 0 Å². The van der Waals surface area contributed by atoms with Crippen molar-refractivity contribution in [1.29, 1.82) is 0 Å². The molecule has 1 aromatic rings. The number of amides is 1. The lowest BCUT2D eigenvalue weighted by atomic mass is 10.1. The van der Waals surface area contributed by atoms with Crippen molar-refractivity contribution in [2.24, 2.45) is 5.92 Å². The predicted molar refractivity (Wildman–Crippen MR) is 76.5 cm³/mol. The number of halogens is 2. The minimum Gasteiger partial charge on any atom is -0.381 e. The van der Waals surface area contributed by atoms with Crippen LogP contribution in [0.2, 0.25) is 5.02 Å². The van der Waals surface area contributed by atoms with Crippen molar-refractivity contribution in [3.05, 3.63) is 34.6 Å². The van der Waals surface area contributed by atoms with Crippen LogP contribution in [-0.4, -0.2) is 37.1 Å². The highest BCUT2D eigenvalue weighted by atomic mass is 35.5. The highest BCUT2D eigenvalue weighted by molar-refractivity contribution is 6.33. The Morgan fingerprint density at radius 1 is 1.55 bits per heavy atom. The van der Waals surface area contributed by atoms with Crippen molar-refractivity contribution < 1.29 is 13.9 Å². The molecule has 0 spiro atoms. The van der Waals surface area contributed by atoms with Crippen molar-refractivity contribution in [3.8, 4) is 0 Å². The monoisotopic (exact) mass is 299 g/mol. The first-order valence-corrected chi connectivity index (χ1v) is 7.31. The van der Waals surface area contributed by atoms with Gasteiger partial charge in [-0.1, -0.05) is 18.5 Å². The fraction of sp³-hybridized carbons (Fsp3) is 0.533. The SMILES string of the molecule is CCCN(CC1CCOC1)C(=O)c1ccc(F)cc1Cl. The van der Waals surface area contributed by atoms with E-state index in [1.54, 1.807) is 4.90 Å². The van der Waals surface area contributed by atoms with Gasteiger partial charge in [0, 0.05) is 25.6 Å². The zero-order valence-electron chi connectivity index (χ0n) is 11.6.